The summed E-state index contributed by atoms with van der Waals surface area (Å²) in [5.74, 6) is 0. The molecule has 1 heterocycles. The molecule has 0 amide bonds. The summed E-state index contributed by atoms with van der Waals surface area (Å²) in [5, 5.41) is 3.54. The van der Waals surface area contributed by atoms with Gasteiger partial charge in [0.1, 0.15) is 7.05 Å². The first-order chi connectivity index (χ1) is 6.06. The van der Waals surface area contributed by atoms with Gasteiger partial charge in [0, 0.05) is 30.5 Å². The first kappa shape index (κ1) is 9.55. The molecule has 1 rings (SSSR count). The average molecular weight is 177 g/mol. The lowest BCUT2D eigenvalue weighted by Gasteiger charge is -2.13. The SMILES string of the molecule is C[N+]1=CC=C(N=[N+]=[N-])C=CC1(C)C. The third-order valence-electron chi connectivity index (χ3n) is 2.20. The van der Waals surface area contributed by atoms with Crippen molar-refractivity contribution in [3.05, 3.63) is 34.4 Å². The molecule has 0 unspecified atom stereocenters. The lowest BCUT2D eigenvalue weighted by molar-refractivity contribution is -0.555. The third-order valence-corrected chi connectivity index (χ3v) is 2.20. The van der Waals surface area contributed by atoms with Gasteiger partial charge in [-0.05, 0) is 17.7 Å². The van der Waals surface area contributed by atoms with E-state index in [1.807, 2.05) is 25.4 Å². The summed E-state index contributed by atoms with van der Waals surface area (Å²) < 4.78 is 2.06. The highest BCUT2D eigenvalue weighted by molar-refractivity contribution is 5.69. The minimum atomic E-state index is -0.0385. The molecule has 0 fully saturated rings. The molecule has 0 saturated carbocycles. The molecule has 1 aliphatic heterocycles. The summed E-state index contributed by atoms with van der Waals surface area (Å²) in [6, 6.07) is 0. The highest BCUT2D eigenvalue weighted by atomic mass is 15.1. The fourth-order valence-electron chi connectivity index (χ4n) is 0.961. The van der Waals surface area contributed by atoms with Gasteiger partial charge >= 0.3 is 0 Å². The largest absolute Gasteiger partial charge is 0.230 e. The molecule has 13 heavy (non-hydrogen) atoms. The Bertz CT molecular complexity index is 341. The second kappa shape index (κ2) is 3.46. The van der Waals surface area contributed by atoms with Crippen molar-refractivity contribution >= 4 is 6.21 Å². The Kier molecular flexibility index (Phi) is 2.54. The zero-order valence-corrected chi connectivity index (χ0v) is 8.10. The van der Waals surface area contributed by atoms with Crippen molar-refractivity contribution in [1.82, 2.24) is 0 Å². The van der Waals surface area contributed by atoms with Crippen LogP contribution in [0.25, 0.3) is 10.4 Å². The number of azide groups is 1. The Morgan fingerprint density at radius 2 is 2.23 bits per heavy atom. The van der Waals surface area contributed by atoms with Crippen molar-refractivity contribution in [2.75, 3.05) is 7.05 Å². The zero-order valence-electron chi connectivity index (χ0n) is 8.10. The zero-order chi connectivity index (χ0) is 9.90. The molecular weight excluding hydrogens is 164 g/mol. The average Bonchev–Trinajstić information content (AvgIpc) is 2.19. The van der Waals surface area contributed by atoms with E-state index >= 15 is 0 Å². The van der Waals surface area contributed by atoms with E-state index in [1.54, 1.807) is 6.08 Å². The van der Waals surface area contributed by atoms with Crippen LogP contribution in [0.4, 0.5) is 0 Å². The van der Waals surface area contributed by atoms with E-state index in [2.05, 4.69) is 28.4 Å². The molecule has 0 atom stereocenters. The van der Waals surface area contributed by atoms with Gasteiger partial charge in [-0.15, -0.1) is 0 Å². The summed E-state index contributed by atoms with van der Waals surface area (Å²) >= 11 is 0. The van der Waals surface area contributed by atoms with Crippen LogP contribution >= 0.6 is 0 Å². The fourth-order valence-corrected chi connectivity index (χ4v) is 0.961. The van der Waals surface area contributed by atoms with Gasteiger partial charge < -0.3 is 0 Å². The van der Waals surface area contributed by atoms with Gasteiger partial charge in [-0.3, -0.25) is 0 Å². The molecule has 1 aliphatic rings. The lowest BCUT2D eigenvalue weighted by Crippen LogP contribution is -2.31. The van der Waals surface area contributed by atoms with E-state index in [1.165, 1.54) is 0 Å². The maximum Gasteiger partial charge on any atom is 0.175 e. The van der Waals surface area contributed by atoms with Crippen LogP contribution in [-0.4, -0.2) is 23.4 Å². The summed E-state index contributed by atoms with van der Waals surface area (Å²) in [7, 11) is 1.99. The van der Waals surface area contributed by atoms with E-state index in [4.69, 9.17) is 5.53 Å². The number of nitrogens with zero attached hydrogens (tertiary/aromatic N) is 4. The normalized spacial score (nSPS) is 19.6. The number of rotatable bonds is 1. The minimum Gasteiger partial charge on any atom is -0.230 e. The molecule has 0 spiro atoms. The highest BCUT2D eigenvalue weighted by Gasteiger charge is 2.23. The number of allylic oxidation sites excluding steroid dienone is 2. The van der Waals surface area contributed by atoms with Gasteiger partial charge in [0.15, 0.2) is 11.8 Å². The summed E-state index contributed by atoms with van der Waals surface area (Å²) in [6.45, 7) is 4.18. The fraction of sp³-hybridized carbons (Fsp3) is 0.444. The van der Waals surface area contributed by atoms with Gasteiger partial charge in [0.25, 0.3) is 0 Å². The van der Waals surface area contributed by atoms with E-state index in [9.17, 15) is 0 Å². The molecule has 0 aliphatic carbocycles. The maximum atomic E-state index is 8.26. The lowest BCUT2D eigenvalue weighted by atomic mass is 10.1. The Morgan fingerprint density at radius 1 is 1.54 bits per heavy atom. The molecule has 0 aromatic rings. The van der Waals surface area contributed by atoms with E-state index in [0.29, 0.717) is 5.70 Å². The summed E-state index contributed by atoms with van der Waals surface area (Å²) in [6.07, 6.45) is 7.55. The van der Waals surface area contributed by atoms with Crippen LogP contribution in [0, 0.1) is 0 Å². The minimum absolute atomic E-state index is 0.0385. The van der Waals surface area contributed by atoms with Crippen molar-refractivity contribution < 1.29 is 4.58 Å². The van der Waals surface area contributed by atoms with Crippen molar-refractivity contribution in [2.45, 2.75) is 19.4 Å². The Morgan fingerprint density at radius 3 is 2.85 bits per heavy atom. The van der Waals surface area contributed by atoms with Crippen molar-refractivity contribution in [3.8, 4) is 0 Å². The maximum absolute atomic E-state index is 8.26. The van der Waals surface area contributed by atoms with E-state index < -0.39 is 0 Å². The Labute approximate surface area is 77.5 Å². The van der Waals surface area contributed by atoms with Gasteiger partial charge in [0.2, 0.25) is 0 Å². The van der Waals surface area contributed by atoms with Crippen LogP contribution in [-0.2, 0) is 0 Å². The molecule has 4 nitrogen and oxygen atoms in total. The van der Waals surface area contributed by atoms with E-state index in [0.717, 1.165) is 0 Å². The van der Waals surface area contributed by atoms with Crippen molar-refractivity contribution in [2.24, 2.45) is 5.11 Å². The molecule has 0 N–H and O–H groups in total. The van der Waals surface area contributed by atoms with E-state index in [-0.39, 0.29) is 5.54 Å². The highest BCUT2D eigenvalue weighted by Crippen LogP contribution is 2.14. The van der Waals surface area contributed by atoms with Crippen LogP contribution in [0.15, 0.2) is 29.0 Å². The monoisotopic (exact) mass is 177 g/mol. The molecule has 0 bridgehead atoms. The van der Waals surface area contributed by atoms with Crippen molar-refractivity contribution in [3.63, 3.8) is 0 Å². The molecule has 0 aromatic carbocycles. The molecule has 0 saturated heterocycles. The van der Waals surface area contributed by atoms with Crippen LogP contribution in [0.2, 0.25) is 0 Å². The summed E-state index contributed by atoms with van der Waals surface area (Å²) in [5.41, 5.74) is 8.86. The first-order valence-electron chi connectivity index (χ1n) is 4.09. The van der Waals surface area contributed by atoms with Gasteiger partial charge in [-0.1, -0.05) is 5.11 Å². The predicted molar refractivity (Wildman–Crippen MR) is 52.7 cm³/mol. The first-order valence-corrected chi connectivity index (χ1v) is 4.09. The van der Waals surface area contributed by atoms with Gasteiger partial charge in [0.05, 0.1) is 0 Å². The molecule has 4 heteroatoms. The molecule has 68 valence electrons. The number of hydrogen-bond donors (Lipinski definition) is 0. The van der Waals surface area contributed by atoms with Crippen LogP contribution < -0.4 is 0 Å². The van der Waals surface area contributed by atoms with Gasteiger partial charge in [-0.25, -0.2) is 4.58 Å². The molecule has 0 aromatic heterocycles. The molecular formula is C9H13N4+. The second-order valence-corrected chi connectivity index (χ2v) is 3.53. The summed E-state index contributed by atoms with van der Waals surface area (Å²) in [4.78, 5) is 2.74. The number of likely N-dealkylation sites (N-methyl/N-ethyl adjacent to an activating group) is 1. The second-order valence-electron chi connectivity index (χ2n) is 3.53. The quantitative estimate of drug-likeness (QED) is 0.255. The topological polar surface area (TPSA) is 51.8 Å². The van der Waals surface area contributed by atoms with Crippen molar-refractivity contribution in [1.29, 1.82) is 0 Å². The number of hydrogen-bond acceptors (Lipinski definition) is 1. The Hall–Kier alpha value is -1.54. The predicted octanol–water partition coefficient (Wildman–Crippen LogP) is 2.24. The standard InChI is InChI=1S/C9H13N4/c1-9(2)6-4-8(11-12-10)5-7-13(9)3/h4-7H,1-3H3/q+1. The van der Waals surface area contributed by atoms with Crippen LogP contribution in [0.5, 0.6) is 0 Å². The van der Waals surface area contributed by atoms with Gasteiger partial charge in [-0.2, -0.15) is 0 Å². The smallest absolute Gasteiger partial charge is 0.175 e. The Balaban J connectivity index is 3.07. The molecule has 0 radical (unpaired) electrons. The third kappa shape index (κ3) is 2.20. The van der Waals surface area contributed by atoms with Crippen LogP contribution in [0.3, 0.4) is 0 Å². The van der Waals surface area contributed by atoms with Crippen LogP contribution in [0.1, 0.15) is 13.8 Å².